The smallest absolute Gasteiger partial charge is 0.416 e. The molecule has 0 saturated heterocycles. The summed E-state index contributed by atoms with van der Waals surface area (Å²) in [4.78, 5) is 11.8. The average Bonchev–Trinajstić information content (AvgIpc) is 2.58. The van der Waals surface area contributed by atoms with Crippen molar-refractivity contribution in [2.24, 2.45) is 0 Å². The molecule has 0 heterocycles. The molecule has 0 atom stereocenters. The number of carbonyl (C=O) groups excluding carboxylic acids is 1. The molecule has 0 aliphatic carbocycles. The van der Waals surface area contributed by atoms with Gasteiger partial charge in [0.05, 0.1) is 12.2 Å². The predicted octanol–water partition coefficient (Wildman–Crippen LogP) is 3.55. The van der Waals surface area contributed by atoms with Crippen LogP contribution in [0.15, 0.2) is 48.5 Å². The first kappa shape index (κ1) is 18.8. The third-order valence-corrected chi connectivity index (χ3v) is 3.34. The van der Waals surface area contributed by atoms with Crippen molar-refractivity contribution in [1.82, 2.24) is 5.32 Å². The van der Waals surface area contributed by atoms with Gasteiger partial charge >= 0.3 is 6.18 Å². The number of rotatable bonds is 7. The molecule has 1 N–H and O–H groups in total. The molecule has 2 aromatic carbocycles. The van der Waals surface area contributed by atoms with E-state index in [9.17, 15) is 18.0 Å². The van der Waals surface area contributed by atoms with Crippen molar-refractivity contribution >= 4 is 5.91 Å². The van der Waals surface area contributed by atoms with Gasteiger partial charge in [-0.15, -0.1) is 0 Å². The van der Waals surface area contributed by atoms with Crippen molar-refractivity contribution in [3.63, 3.8) is 0 Å². The normalized spacial score (nSPS) is 11.2. The lowest BCUT2D eigenvalue weighted by atomic mass is 10.1. The van der Waals surface area contributed by atoms with Crippen LogP contribution in [0, 0.1) is 0 Å². The Kier molecular flexibility index (Phi) is 6.41. The van der Waals surface area contributed by atoms with Crippen LogP contribution in [0.3, 0.4) is 0 Å². The van der Waals surface area contributed by atoms with E-state index >= 15 is 0 Å². The highest BCUT2D eigenvalue weighted by Crippen LogP contribution is 2.30. The van der Waals surface area contributed by atoms with Crippen molar-refractivity contribution in [3.8, 4) is 5.75 Å². The van der Waals surface area contributed by atoms with Gasteiger partial charge in [0.2, 0.25) is 0 Å². The van der Waals surface area contributed by atoms with Gasteiger partial charge in [-0.05, 0) is 35.4 Å². The second-order valence-corrected chi connectivity index (χ2v) is 5.34. The van der Waals surface area contributed by atoms with E-state index in [0.29, 0.717) is 13.2 Å². The molecule has 0 aliphatic rings. The fourth-order valence-corrected chi connectivity index (χ4v) is 2.14. The molecule has 25 heavy (non-hydrogen) atoms. The lowest BCUT2D eigenvalue weighted by Crippen LogP contribution is -2.28. The first-order valence-electron chi connectivity index (χ1n) is 7.52. The average molecular weight is 353 g/mol. The van der Waals surface area contributed by atoms with Crippen molar-refractivity contribution in [2.75, 3.05) is 13.7 Å². The van der Waals surface area contributed by atoms with Crippen LogP contribution < -0.4 is 10.1 Å². The van der Waals surface area contributed by atoms with Crippen LogP contribution in [0.5, 0.6) is 5.75 Å². The number of halogens is 3. The summed E-state index contributed by atoms with van der Waals surface area (Å²) in [6, 6.07) is 11.8. The Hall–Kier alpha value is -2.54. The van der Waals surface area contributed by atoms with E-state index < -0.39 is 11.7 Å². The highest BCUT2D eigenvalue weighted by Gasteiger charge is 2.30. The minimum Gasteiger partial charge on any atom is -0.484 e. The van der Waals surface area contributed by atoms with Crippen LogP contribution in [0.2, 0.25) is 0 Å². The first-order chi connectivity index (χ1) is 11.9. The number of hydrogen-bond donors (Lipinski definition) is 1. The van der Waals surface area contributed by atoms with Crippen LogP contribution in [-0.4, -0.2) is 19.6 Å². The van der Waals surface area contributed by atoms with Gasteiger partial charge in [0.25, 0.3) is 5.91 Å². The molecule has 0 bridgehead atoms. The molecule has 0 fully saturated rings. The molecule has 7 heteroatoms. The number of amides is 1. The summed E-state index contributed by atoms with van der Waals surface area (Å²) in [5.41, 5.74) is 1.15. The molecule has 1 amide bonds. The third-order valence-electron chi connectivity index (χ3n) is 3.34. The maximum atomic E-state index is 12.5. The molecule has 2 aromatic rings. The van der Waals surface area contributed by atoms with Gasteiger partial charge in [0.15, 0.2) is 6.61 Å². The summed E-state index contributed by atoms with van der Waals surface area (Å²) in [6.07, 6.45) is -4.40. The Balaban J connectivity index is 1.80. The Morgan fingerprint density at radius 1 is 1.08 bits per heavy atom. The number of carbonyl (C=O) groups is 1. The number of ether oxygens (including phenoxy) is 2. The molecule has 2 rings (SSSR count). The van der Waals surface area contributed by atoms with Crippen molar-refractivity contribution < 1.29 is 27.4 Å². The summed E-state index contributed by atoms with van der Waals surface area (Å²) in [5, 5.41) is 2.69. The molecule has 4 nitrogen and oxygen atoms in total. The van der Waals surface area contributed by atoms with Gasteiger partial charge in [-0.2, -0.15) is 13.2 Å². The van der Waals surface area contributed by atoms with E-state index in [1.165, 1.54) is 12.1 Å². The molecule has 0 spiro atoms. The Morgan fingerprint density at radius 3 is 2.40 bits per heavy atom. The molecule has 0 saturated carbocycles. The van der Waals surface area contributed by atoms with E-state index in [2.05, 4.69) is 5.32 Å². The molecule has 0 radical (unpaired) electrons. The predicted molar refractivity (Wildman–Crippen MR) is 85.9 cm³/mol. The van der Waals surface area contributed by atoms with Crippen LogP contribution in [0.25, 0.3) is 0 Å². The fourth-order valence-electron chi connectivity index (χ4n) is 2.14. The first-order valence-corrected chi connectivity index (χ1v) is 7.52. The van der Waals surface area contributed by atoms with E-state index in [4.69, 9.17) is 9.47 Å². The number of benzene rings is 2. The second kappa shape index (κ2) is 8.53. The second-order valence-electron chi connectivity index (χ2n) is 5.34. The van der Waals surface area contributed by atoms with Crippen LogP contribution in [-0.2, 0) is 28.9 Å². The zero-order chi connectivity index (χ0) is 18.3. The van der Waals surface area contributed by atoms with Crippen LogP contribution in [0.1, 0.15) is 16.7 Å². The van der Waals surface area contributed by atoms with Gasteiger partial charge < -0.3 is 14.8 Å². The van der Waals surface area contributed by atoms with Gasteiger partial charge in [-0.3, -0.25) is 4.79 Å². The zero-order valence-electron chi connectivity index (χ0n) is 13.6. The summed E-state index contributed by atoms with van der Waals surface area (Å²) >= 11 is 0. The fraction of sp³-hybridized carbons (Fsp3) is 0.278. The van der Waals surface area contributed by atoms with Crippen LogP contribution in [0.4, 0.5) is 13.2 Å². The summed E-state index contributed by atoms with van der Waals surface area (Å²) < 4.78 is 47.6. The molecule has 0 aromatic heterocycles. The monoisotopic (exact) mass is 353 g/mol. The largest absolute Gasteiger partial charge is 0.484 e. The molecular formula is C18H18F3NO3. The number of alkyl halides is 3. The maximum absolute atomic E-state index is 12.5. The molecule has 0 aliphatic heterocycles. The maximum Gasteiger partial charge on any atom is 0.416 e. The van der Waals surface area contributed by atoms with E-state index in [-0.39, 0.29) is 18.3 Å². The lowest BCUT2D eigenvalue weighted by Gasteiger charge is -2.10. The topological polar surface area (TPSA) is 47.6 Å². The SMILES string of the molecule is COCc1cccc(CNC(=O)COc2ccc(C(F)(F)F)cc2)c1. The standard InChI is InChI=1S/C18H18F3NO3/c1-24-11-14-4-2-3-13(9-14)10-22-17(23)12-25-16-7-5-15(6-8-16)18(19,20)21/h2-9H,10-12H2,1H3,(H,22,23). The Morgan fingerprint density at radius 2 is 1.76 bits per heavy atom. The number of methoxy groups -OCH3 is 1. The Bertz CT molecular complexity index is 699. The van der Waals surface area contributed by atoms with Crippen molar-refractivity contribution in [2.45, 2.75) is 19.3 Å². The van der Waals surface area contributed by atoms with Crippen molar-refractivity contribution in [1.29, 1.82) is 0 Å². The summed E-state index contributed by atoms with van der Waals surface area (Å²) in [7, 11) is 1.60. The van der Waals surface area contributed by atoms with Crippen LogP contribution >= 0.6 is 0 Å². The van der Waals surface area contributed by atoms with Crippen molar-refractivity contribution in [3.05, 3.63) is 65.2 Å². The lowest BCUT2D eigenvalue weighted by molar-refractivity contribution is -0.137. The Labute approximate surface area is 143 Å². The molecular weight excluding hydrogens is 335 g/mol. The zero-order valence-corrected chi connectivity index (χ0v) is 13.6. The molecule has 134 valence electrons. The van der Waals surface area contributed by atoms with Gasteiger partial charge in [0, 0.05) is 13.7 Å². The van der Waals surface area contributed by atoms with E-state index in [0.717, 1.165) is 23.3 Å². The quantitative estimate of drug-likeness (QED) is 0.828. The molecule has 0 unspecified atom stereocenters. The van der Waals surface area contributed by atoms with E-state index in [1.54, 1.807) is 7.11 Å². The number of hydrogen-bond acceptors (Lipinski definition) is 3. The van der Waals surface area contributed by atoms with Gasteiger partial charge in [-0.1, -0.05) is 24.3 Å². The summed E-state index contributed by atoms with van der Waals surface area (Å²) in [5.74, 6) is -0.165. The summed E-state index contributed by atoms with van der Waals surface area (Å²) in [6.45, 7) is 0.536. The highest BCUT2D eigenvalue weighted by molar-refractivity contribution is 5.77. The minimum atomic E-state index is -4.40. The van der Waals surface area contributed by atoms with Gasteiger partial charge in [0.1, 0.15) is 5.75 Å². The van der Waals surface area contributed by atoms with Gasteiger partial charge in [-0.25, -0.2) is 0 Å². The van der Waals surface area contributed by atoms with E-state index in [1.807, 2.05) is 24.3 Å². The minimum absolute atomic E-state index is 0.199. The highest BCUT2D eigenvalue weighted by atomic mass is 19.4. The third kappa shape index (κ3) is 6.11. The number of nitrogens with one attached hydrogen (secondary N) is 1.